The van der Waals surface area contributed by atoms with Crippen molar-refractivity contribution in [1.29, 1.82) is 0 Å². The molecule has 7 nitrogen and oxygen atoms in total. The van der Waals surface area contributed by atoms with Gasteiger partial charge in [0.15, 0.2) is 5.82 Å². The molecule has 0 spiro atoms. The molecule has 0 aliphatic heterocycles. The van der Waals surface area contributed by atoms with E-state index in [-0.39, 0.29) is 10.3 Å². The molecule has 3 aromatic rings. The number of hydrogen-bond donors (Lipinski definition) is 3. The molecule has 0 aliphatic carbocycles. The molecule has 3 rings (SSSR count). The molecule has 21 heavy (non-hydrogen) atoms. The molecule has 1 aromatic carbocycles. The Morgan fingerprint density at radius 1 is 1.24 bits per heavy atom. The first-order chi connectivity index (χ1) is 10.2. The fourth-order valence-electron chi connectivity index (χ4n) is 1.91. The molecule has 0 radical (unpaired) electrons. The van der Waals surface area contributed by atoms with E-state index in [9.17, 15) is 4.79 Å². The van der Waals surface area contributed by atoms with Crippen LogP contribution in [-0.2, 0) is 0 Å². The summed E-state index contributed by atoms with van der Waals surface area (Å²) in [5.74, 6) is 1.08. The van der Waals surface area contributed by atoms with Crippen molar-refractivity contribution in [1.82, 2.24) is 25.4 Å². The zero-order chi connectivity index (χ0) is 14.8. The van der Waals surface area contributed by atoms with Gasteiger partial charge in [-0.1, -0.05) is 12.1 Å². The minimum absolute atomic E-state index is 0.282. The number of methoxy groups -OCH3 is 1. The molecule has 2 heterocycles. The van der Waals surface area contributed by atoms with E-state index in [4.69, 9.17) is 17.0 Å². The van der Waals surface area contributed by atoms with E-state index >= 15 is 0 Å². The van der Waals surface area contributed by atoms with Crippen LogP contribution < -0.4 is 10.3 Å². The molecule has 8 heteroatoms. The van der Waals surface area contributed by atoms with E-state index in [2.05, 4.69) is 25.4 Å². The molecule has 0 aliphatic rings. The first-order valence-electron chi connectivity index (χ1n) is 6.06. The third kappa shape index (κ3) is 2.61. The number of benzene rings is 1. The molecule has 0 fully saturated rings. The number of H-pyrrole nitrogens is 3. The van der Waals surface area contributed by atoms with Crippen molar-refractivity contribution in [2.75, 3.05) is 7.11 Å². The second kappa shape index (κ2) is 5.33. The molecule has 3 N–H and O–H groups in total. The molecular formula is C13H11N5O2S. The maximum absolute atomic E-state index is 11.9. The normalized spacial score (nSPS) is 10.5. The molecule has 0 saturated heterocycles. The molecule has 106 valence electrons. The van der Waals surface area contributed by atoms with Gasteiger partial charge >= 0.3 is 0 Å². The van der Waals surface area contributed by atoms with Crippen LogP contribution in [0.15, 0.2) is 35.1 Å². The van der Waals surface area contributed by atoms with E-state index in [0.717, 1.165) is 5.56 Å². The predicted octanol–water partition coefficient (Wildman–Crippen LogP) is 1.89. The summed E-state index contributed by atoms with van der Waals surface area (Å²) < 4.78 is 5.46. The minimum atomic E-state index is -0.348. The van der Waals surface area contributed by atoms with Gasteiger partial charge in [0.05, 0.1) is 18.4 Å². The third-order valence-electron chi connectivity index (χ3n) is 2.93. The van der Waals surface area contributed by atoms with Gasteiger partial charge in [0.1, 0.15) is 5.75 Å². The monoisotopic (exact) mass is 301 g/mol. The van der Waals surface area contributed by atoms with Gasteiger partial charge < -0.3 is 4.74 Å². The number of aromatic nitrogens is 5. The fourth-order valence-corrected chi connectivity index (χ4v) is 2.05. The lowest BCUT2D eigenvalue weighted by atomic mass is 10.1. The van der Waals surface area contributed by atoms with Gasteiger partial charge in [-0.25, -0.2) is 5.10 Å². The summed E-state index contributed by atoms with van der Waals surface area (Å²) >= 11 is 4.89. The highest BCUT2D eigenvalue weighted by atomic mass is 32.1. The van der Waals surface area contributed by atoms with Crippen molar-refractivity contribution < 1.29 is 4.74 Å². The predicted molar refractivity (Wildman–Crippen MR) is 79.6 cm³/mol. The maximum Gasteiger partial charge on any atom is 0.275 e. The van der Waals surface area contributed by atoms with Gasteiger partial charge in [-0.3, -0.25) is 15.0 Å². The van der Waals surface area contributed by atoms with Gasteiger partial charge in [-0.05, 0) is 30.4 Å². The molecule has 0 unspecified atom stereocenters. The topological polar surface area (TPSA) is 99.5 Å². The van der Waals surface area contributed by atoms with Gasteiger partial charge in [0.25, 0.3) is 5.56 Å². The van der Waals surface area contributed by atoms with Crippen LogP contribution >= 0.6 is 12.2 Å². The van der Waals surface area contributed by atoms with E-state index in [1.807, 2.05) is 24.3 Å². The average Bonchev–Trinajstić information content (AvgIpc) is 2.94. The van der Waals surface area contributed by atoms with Crippen molar-refractivity contribution in [2.24, 2.45) is 0 Å². The lowest BCUT2D eigenvalue weighted by molar-refractivity contribution is 0.415. The highest BCUT2D eigenvalue weighted by Crippen LogP contribution is 2.23. The number of ether oxygens (including phenoxy) is 1. The number of rotatable bonds is 3. The van der Waals surface area contributed by atoms with Gasteiger partial charge in [0, 0.05) is 5.56 Å². The maximum atomic E-state index is 11.9. The Bertz CT molecular complexity index is 896. The lowest BCUT2D eigenvalue weighted by Gasteiger charge is -2.04. The van der Waals surface area contributed by atoms with E-state index in [1.165, 1.54) is 0 Å². The van der Waals surface area contributed by atoms with Crippen LogP contribution in [0.25, 0.3) is 22.6 Å². The largest absolute Gasteiger partial charge is 0.497 e. The summed E-state index contributed by atoms with van der Waals surface area (Å²) in [7, 11) is 1.59. The Balaban J connectivity index is 2.13. The summed E-state index contributed by atoms with van der Waals surface area (Å²) in [5, 5.41) is 11.9. The van der Waals surface area contributed by atoms with Crippen molar-refractivity contribution in [3.63, 3.8) is 0 Å². The summed E-state index contributed by atoms with van der Waals surface area (Å²) in [6.07, 6.45) is 0. The first-order valence-corrected chi connectivity index (χ1v) is 6.47. The van der Waals surface area contributed by atoms with Crippen molar-refractivity contribution in [3.8, 4) is 28.4 Å². The smallest absolute Gasteiger partial charge is 0.275 e. The van der Waals surface area contributed by atoms with Crippen molar-refractivity contribution >= 4 is 12.2 Å². The van der Waals surface area contributed by atoms with Crippen LogP contribution in [0.3, 0.4) is 0 Å². The highest BCUT2D eigenvalue weighted by molar-refractivity contribution is 7.71. The van der Waals surface area contributed by atoms with E-state index < -0.39 is 0 Å². The standard InChI is InChI=1S/C13H11N5O2S/c1-20-8-4-2-3-7(5-8)10-6-9(12(19)17-15-10)11-14-13(21)18-16-11/h2-6H,1H3,(H,17,19)(H2,14,16,18,21). The van der Waals surface area contributed by atoms with Crippen LogP contribution in [0, 0.1) is 4.77 Å². The molecule has 0 amide bonds. The number of hydrogen-bond acceptors (Lipinski definition) is 5. The highest BCUT2D eigenvalue weighted by Gasteiger charge is 2.10. The fraction of sp³-hybridized carbons (Fsp3) is 0.0769. The molecular weight excluding hydrogens is 290 g/mol. The van der Waals surface area contributed by atoms with Crippen LogP contribution in [0.1, 0.15) is 0 Å². The van der Waals surface area contributed by atoms with Gasteiger partial charge in [-0.2, -0.15) is 10.1 Å². The average molecular weight is 301 g/mol. The minimum Gasteiger partial charge on any atom is -0.497 e. The summed E-state index contributed by atoms with van der Waals surface area (Å²) in [5.41, 5.74) is 1.43. The van der Waals surface area contributed by atoms with Crippen LogP contribution in [0.5, 0.6) is 5.75 Å². The first kappa shape index (κ1) is 13.3. The summed E-state index contributed by atoms with van der Waals surface area (Å²) in [6, 6.07) is 9.04. The number of aromatic amines is 3. The Hall–Kier alpha value is -2.74. The van der Waals surface area contributed by atoms with Gasteiger partial charge in [0.2, 0.25) is 4.77 Å². The second-order valence-corrected chi connectivity index (χ2v) is 4.63. The molecule has 2 aromatic heterocycles. The zero-order valence-corrected chi connectivity index (χ0v) is 11.8. The Kier molecular flexibility index (Phi) is 3.36. The van der Waals surface area contributed by atoms with Crippen LogP contribution in [0.2, 0.25) is 0 Å². The second-order valence-electron chi connectivity index (χ2n) is 4.24. The summed E-state index contributed by atoms with van der Waals surface area (Å²) in [6.45, 7) is 0. The third-order valence-corrected chi connectivity index (χ3v) is 3.12. The Morgan fingerprint density at radius 3 is 2.81 bits per heavy atom. The van der Waals surface area contributed by atoms with Crippen LogP contribution in [-0.4, -0.2) is 32.5 Å². The lowest BCUT2D eigenvalue weighted by Crippen LogP contribution is -2.12. The van der Waals surface area contributed by atoms with Crippen LogP contribution in [0.4, 0.5) is 0 Å². The number of nitrogens with one attached hydrogen (secondary N) is 3. The van der Waals surface area contributed by atoms with E-state index in [1.54, 1.807) is 13.2 Å². The van der Waals surface area contributed by atoms with Crippen molar-refractivity contribution in [3.05, 3.63) is 45.5 Å². The molecule has 0 atom stereocenters. The molecule has 0 saturated carbocycles. The molecule has 0 bridgehead atoms. The number of nitrogens with zero attached hydrogens (tertiary/aromatic N) is 2. The SMILES string of the molecule is COc1cccc(-c2cc(-c3nc(=S)[nH][nH]3)c(=O)[nH]n2)c1. The van der Waals surface area contributed by atoms with Gasteiger partial charge in [-0.15, -0.1) is 0 Å². The quantitative estimate of drug-likeness (QED) is 0.642. The van der Waals surface area contributed by atoms with E-state index in [0.29, 0.717) is 22.8 Å². The Morgan fingerprint density at radius 2 is 2.10 bits per heavy atom. The summed E-state index contributed by atoms with van der Waals surface area (Å²) in [4.78, 5) is 15.9. The zero-order valence-electron chi connectivity index (χ0n) is 11.0. The Labute approximate surface area is 124 Å². The van der Waals surface area contributed by atoms with Crippen molar-refractivity contribution in [2.45, 2.75) is 0 Å².